The number of hydrogen-bond acceptors (Lipinski definition) is 1. The normalized spacial score (nSPS) is 19.7. The van der Waals surface area contributed by atoms with Gasteiger partial charge in [0.2, 0.25) is 0 Å². The van der Waals surface area contributed by atoms with Crippen molar-refractivity contribution in [3.8, 4) is 16.9 Å². The molecule has 1 nitrogen and oxygen atoms in total. The Kier molecular flexibility index (Phi) is 7.35. The van der Waals surface area contributed by atoms with E-state index in [1.807, 2.05) is 30.3 Å². The monoisotopic (exact) mass is 418 g/mol. The average molecular weight is 418 g/mol. The Bertz CT molecular complexity index is 860. The fraction of sp³-hybridized carbons (Fsp3) is 0.360. The third kappa shape index (κ3) is 6.22. The van der Waals surface area contributed by atoms with Crippen molar-refractivity contribution in [2.75, 3.05) is 0 Å². The minimum atomic E-state index is -4.91. The molecule has 0 heterocycles. The average Bonchev–Trinajstić information content (AvgIpc) is 2.72. The van der Waals surface area contributed by atoms with Crippen molar-refractivity contribution >= 4 is 0 Å². The molecule has 0 saturated heterocycles. The van der Waals surface area contributed by atoms with Gasteiger partial charge in [-0.15, -0.1) is 13.2 Å². The van der Waals surface area contributed by atoms with E-state index in [1.54, 1.807) is 6.08 Å². The minimum absolute atomic E-state index is 0.518. The molecule has 1 saturated carbocycles. The van der Waals surface area contributed by atoms with Gasteiger partial charge in [0.15, 0.2) is 11.6 Å². The molecule has 0 aliphatic heterocycles. The molecule has 0 spiro atoms. The summed E-state index contributed by atoms with van der Waals surface area (Å²) < 4.78 is 54.5. The van der Waals surface area contributed by atoms with Crippen molar-refractivity contribution in [1.82, 2.24) is 0 Å². The summed E-state index contributed by atoms with van der Waals surface area (Å²) in [7, 11) is 0. The van der Waals surface area contributed by atoms with E-state index in [9.17, 15) is 17.6 Å². The Morgan fingerprint density at radius 1 is 0.967 bits per heavy atom. The van der Waals surface area contributed by atoms with Crippen molar-refractivity contribution in [2.45, 2.75) is 50.8 Å². The Morgan fingerprint density at radius 2 is 1.63 bits per heavy atom. The van der Waals surface area contributed by atoms with E-state index in [-0.39, 0.29) is 0 Å². The molecule has 1 aliphatic carbocycles. The first-order valence-corrected chi connectivity index (χ1v) is 10.3. The zero-order valence-corrected chi connectivity index (χ0v) is 16.8. The quantitative estimate of drug-likeness (QED) is 0.325. The van der Waals surface area contributed by atoms with Crippen molar-refractivity contribution in [2.24, 2.45) is 5.92 Å². The van der Waals surface area contributed by atoms with Gasteiger partial charge < -0.3 is 4.74 Å². The van der Waals surface area contributed by atoms with Crippen LogP contribution >= 0.6 is 0 Å². The second-order valence-electron chi connectivity index (χ2n) is 7.77. The highest BCUT2D eigenvalue weighted by Gasteiger charge is 2.32. The number of hydrogen-bond donors (Lipinski definition) is 0. The third-order valence-corrected chi connectivity index (χ3v) is 5.73. The standard InChI is InChI=1S/C25H26F4O/c1-2-3-4-5-6-18-7-9-19(10-8-18)20-11-13-21(14-12-20)22-15-16-24(23(26)17-22)30-25(27,28)29/h2-4,11-19H,1,5-10H2. The van der Waals surface area contributed by atoms with E-state index in [2.05, 4.69) is 17.4 Å². The van der Waals surface area contributed by atoms with Gasteiger partial charge >= 0.3 is 6.36 Å². The lowest BCUT2D eigenvalue weighted by atomic mass is 9.77. The van der Waals surface area contributed by atoms with Crippen LogP contribution in [0, 0.1) is 11.7 Å². The molecular weight excluding hydrogens is 392 g/mol. The lowest BCUT2D eigenvalue weighted by molar-refractivity contribution is -0.275. The summed E-state index contributed by atoms with van der Waals surface area (Å²) in [5.74, 6) is -0.552. The third-order valence-electron chi connectivity index (χ3n) is 5.73. The molecule has 1 fully saturated rings. The molecule has 0 aromatic heterocycles. The van der Waals surface area contributed by atoms with Crippen LogP contribution in [-0.2, 0) is 0 Å². The summed E-state index contributed by atoms with van der Waals surface area (Å²) in [4.78, 5) is 0. The zero-order chi connectivity index (χ0) is 21.6. The molecule has 0 bridgehead atoms. The minimum Gasteiger partial charge on any atom is -0.403 e. The zero-order valence-electron chi connectivity index (χ0n) is 16.8. The van der Waals surface area contributed by atoms with Crippen LogP contribution < -0.4 is 4.74 Å². The number of halogens is 4. The van der Waals surface area contributed by atoms with Gasteiger partial charge in [-0.1, -0.05) is 55.1 Å². The molecule has 160 valence electrons. The molecule has 0 radical (unpaired) electrons. The summed E-state index contributed by atoms with van der Waals surface area (Å²) in [6.45, 7) is 3.68. The van der Waals surface area contributed by atoms with Crippen molar-refractivity contribution in [3.63, 3.8) is 0 Å². The van der Waals surface area contributed by atoms with Crippen LogP contribution in [0.3, 0.4) is 0 Å². The molecule has 30 heavy (non-hydrogen) atoms. The van der Waals surface area contributed by atoms with Crippen LogP contribution in [0.1, 0.15) is 50.0 Å². The molecule has 0 unspecified atom stereocenters. The number of ether oxygens (including phenoxy) is 1. The van der Waals surface area contributed by atoms with E-state index in [0.717, 1.165) is 42.9 Å². The smallest absolute Gasteiger partial charge is 0.403 e. The van der Waals surface area contributed by atoms with Crippen LogP contribution in [0.2, 0.25) is 0 Å². The first-order chi connectivity index (χ1) is 14.4. The van der Waals surface area contributed by atoms with E-state index < -0.39 is 17.9 Å². The Morgan fingerprint density at radius 3 is 2.23 bits per heavy atom. The molecule has 2 aromatic rings. The summed E-state index contributed by atoms with van der Waals surface area (Å²) in [5, 5.41) is 0. The highest BCUT2D eigenvalue weighted by atomic mass is 19.4. The summed E-state index contributed by atoms with van der Waals surface area (Å²) in [6.07, 6.45) is 8.14. The van der Waals surface area contributed by atoms with Crippen molar-refractivity contribution in [1.29, 1.82) is 0 Å². The highest BCUT2D eigenvalue weighted by molar-refractivity contribution is 5.64. The largest absolute Gasteiger partial charge is 0.573 e. The maximum Gasteiger partial charge on any atom is 0.573 e. The predicted molar refractivity (Wildman–Crippen MR) is 112 cm³/mol. The molecule has 0 atom stereocenters. The lowest BCUT2D eigenvalue weighted by Gasteiger charge is -2.28. The Labute approximate surface area is 175 Å². The summed E-state index contributed by atoms with van der Waals surface area (Å²) in [5.41, 5.74) is 2.55. The predicted octanol–water partition coefficient (Wildman–Crippen LogP) is 8.19. The molecular formula is C25H26F4O. The van der Waals surface area contributed by atoms with Gasteiger partial charge in [0.05, 0.1) is 0 Å². The number of alkyl halides is 3. The SMILES string of the molecule is C=CC=CCCC1CCC(c2ccc(-c3ccc(OC(F)(F)F)c(F)c3)cc2)CC1. The van der Waals surface area contributed by atoms with E-state index in [4.69, 9.17) is 0 Å². The van der Waals surface area contributed by atoms with Gasteiger partial charge in [-0.25, -0.2) is 4.39 Å². The highest BCUT2D eigenvalue weighted by Crippen LogP contribution is 2.38. The molecule has 3 rings (SSSR count). The maximum absolute atomic E-state index is 14.0. The first kappa shape index (κ1) is 22.1. The molecule has 0 N–H and O–H groups in total. The van der Waals surface area contributed by atoms with E-state index in [0.29, 0.717) is 11.5 Å². The van der Waals surface area contributed by atoms with E-state index in [1.165, 1.54) is 30.9 Å². The number of benzene rings is 2. The van der Waals surface area contributed by atoms with Gasteiger partial charge in [-0.3, -0.25) is 0 Å². The topological polar surface area (TPSA) is 9.23 Å². The fourth-order valence-corrected chi connectivity index (χ4v) is 4.14. The summed E-state index contributed by atoms with van der Waals surface area (Å²) >= 11 is 0. The molecule has 2 aromatic carbocycles. The Hall–Kier alpha value is -2.56. The molecule has 0 amide bonds. The maximum atomic E-state index is 14.0. The van der Waals surface area contributed by atoms with Gasteiger partial charge in [0, 0.05) is 0 Å². The van der Waals surface area contributed by atoms with Crippen LogP contribution in [-0.4, -0.2) is 6.36 Å². The second kappa shape index (κ2) is 9.96. The molecule has 1 aliphatic rings. The van der Waals surface area contributed by atoms with Gasteiger partial charge in [0.1, 0.15) is 0 Å². The van der Waals surface area contributed by atoms with Crippen LogP contribution in [0.4, 0.5) is 17.6 Å². The fourth-order valence-electron chi connectivity index (χ4n) is 4.14. The van der Waals surface area contributed by atoms with Crippen LogP contribution in [0.5, 0.6) is 5.75 Å². The van der Waals surface area contributed by atoms with Crippen molar-refractivity contribution < 1.29 is 22.3 Å². The summed E-state index contributed by atoms with van der Waals surface area (Å²) in [6, 6.07) is 11.4. The van der Waals surface area contributed by atoms with Crippen LogP contribution in [0.15, 0.2) is 67.3 Å². The number of rotatable bonds is 7. The second-order valence-corrected chi connectivity index (χ2v) is 7.77. The van der Waals surface area contributed by atoms with Crippen molar-refractivity contribution in [3.05, 3.63) is 78.7 Å². The van der Waals surface area contributed by atoms with Gasteiger partial charge in [-0.05, 0) is 79.2 Å². The number of allylic oxidation sites excluding steroid dienone is 3. The molecule has 5 heteroatoms. The van der Waals surface area contributed by atoms with Gasteiger partial charge in [-0.2, -0.15) is 0 Å². The van der Waals surface area contributed by atoms with Gasteiger partial charge in [0.25, 0.3) is 0 Å². The van der Waals surface area contributed by atoms with Crippen LogP contribution in [0.25, 0.3) is 11.1 Å². The van der Waals surface area contributed by atoms with E-state index >= 15 is 0 Å². The lowest BCUT2D eigenvalue weighted by Crippen LogP contribution is -2.17. The Balaban J connectivity index is 1.58. The first-order valence-electron chi connectivity index (χ1n) is 10.3.